The third-order valence-electron chi connectivity index (χ3n) is 10.3. The summed E-state index contributed by atoms with van der Waals surface area (Å²) in [5.41, 5.74) is 4.61. The number of aliphatic hydroxyl groups is 2. The third kappa shape index (κ3) is 32.3. The van der Waals surface area contributed by atoms with Gasteiger partial charge in [-0.25, -0.2) is 94.5 Å². The second-order valence-electron chi connectivity index (χ2n) is 16.3. The maximum atomic E-state index is 12.1. The van der Waals surface area contributed by atoms with Crippen molar-refractivity contribution in [1.29, 1.82) is 10.5 Å². The zero-order valence-electron chi connectivity index (χ0n) is 47.3. The van der Waals surface area contributed by atoms with Crippen molar-refractivity contribution in [3.63, 3.8) is 0 Å². The molecule has 490 valence electrons. The average Bonchev–Trinajstić information content (AvgIpc) is 0.772. The standard InChI is InChI=1S/2C26H19N5O.2C2H3N.4ClHO4.2Co.H2O/c2*32-26(23-13-3-6-18-29-23,24-14-7-11-21(30-24)19-9-1-4-16-27-19)25-15-8-12-22(31-25)20-10-2-5-17-28-20;2*1-2-3;4*2-1(3,4)5;;;/h2*1-18,32H;2*1H3;4*(H,2,3,4,5);;;1H2/q;;;;;;;;2*+2;/p-4. The number of nitrogens with zero attached hydrogens (tertiary/aromatic N) is 12. The SMILES string of the molecule is CC#N.CC#N.O.OC(c1ccccn1)(c1cccc(-c2ccccn2)n1)c1cccc(-c2ccccn2)n1.OC(c1ccccn1)(c1cccc(-c2ccccn2)n1)c1cccc(-c2ccccn2)n1.[Co+2].[Co+2].[O-][Cl+3]([O-])([O-])[O-].[O-][Cl+3]([O-])([O-])[O-].[O-][Cl+3]([O-])([O-])[O-].[O-][Cl+3]([O-])([O-])[O-]. The van der Waals surface area contributed by atoms with E-state index >= 15 is 0 Å². The summed E-state index contributed by atoms with van der Waals surface area (Å²) < 4.78 is 136. The van der Waals surface area contributed by atoms with Crippen LogP contribution in [0.25, 0.3) is 45.6 Å². The van der Waals surface area contributed by atoms with Crippen molar-refractivity contribution in [1.82, 2.24) is 49.8 Å². The van der Waals surface area contributed by atoms with Crippen LogP contribution in [0, 0.1) is 63.6 Å². The Kier molecular flexibility index (Phi) is 37.9. The van der Waals surface area contributed by atoms with Gasteiger partial charge in [0.2, 0.25) is 0 Å². The Balaban J connectivity index is 0.00000129. The monoisotopic (exact) mass is 1450 g/mol. The average molecular weight is 1450 g/mol. The van der Waals surface area contributed by atoms with Gasteiger partial charge in [0, 0.05) is 51.0 Å². The predicted molar refractivity (Wildman–Crippen MR) is 269 cm³/mol. The molecule has 2 radical (unpaired) electrons. The fourth-order valence-electron chi connectivity index (χ4n) is 7.11. The molecule has 0 aromatic carbocycles. The molecule has 10 heterocycles. The van der Waals surface area contributed by atoms with Gasteiger partial charge < -0.3 is 15.7 Å². The number of rotatable bonds is 10. The summed E-state index contributed by atoms with van der Waals surface area (Å²) in [6.45, 7) is 2.86. The van der Waals surface area contributed by atoms with E-state index in [2.05, 4.69) is 29.9 Å². The molecular weight excluding hydrogens is 1400 g/mol. The summed E-state index contributed by atoms with van der Waals surface area (Å²) >= 11 is 0. The number of halogens is 4. The van der Waals surface area contributed by atoms with Gasteiger partial charge in [0.25, 0.3) is 0 Å². The molecule has 0 amide bonds. The van der Waals surface area contributed by atoms with Crippen LogP contribution in [0.5, 0.6) is 0 Å². The van der Waals surface area contributed by atoms with Gasteiger partial charge in [-0.15, -0.1) is 41.0 Å². The molecule has 0 fully saturated rings. The van der Waals surface area contributed by atoms with Crippen LogP contribution in [-0.2, 0) is 44.8 Å². The molecule has 10 rings (SSSR count). The van der Waals surface area contributed by atoms with Crippen molar-refractivity contribution in [2.24, 2.45) is 0 Å². The van der Waals surface area contributed by atoms with Crippen molar-refractivity contribution >= 4 is 0 Å². The molecule has 0 aliphatic heterocycles. The molecule has 0 spiro atoms. The van der Waals surface area contributed by atoms with Crippen LogP contribution in [0.1, 0.15) is 48.0 Å². The molecule has 0 aliphatic rings. The second kappa shape index (κ2) is 41.5. The maximum absolute atomic E-state index is 12.1. The van der Waals surface area contributed by atoms with Crippen LogP contribution < -0.4 is 74.5 Å². The van der Waals surface area contributed by atoms with Crippen molar-refractivity contribution in [2.45, 2.75) is 25.0 Å². The molecule has 0 unspecified atom stereocenters. The number of hydrogen-bond acceptors (Lipinski definition) is 30. The van der Waals surface area contributed by atoms with Crippen molar-refractivity contribution < 1.29 is 165 Å². The molecule has 0 saturated carbocycles. The van der Waals surface area contributed by atoms with Crippen molar-refractivity contribution in [3.05, 3.63) is 253 Å². The van der Waals surface area contributed by atoms with Gasteiger partial charge in [-0.05, 0) is 121 Å². The van der Waals surface area contributed by atoms with Crippen LogP contribution in [-0.4, -0.2) is 65.5 Å². The summed E-state index contributed by atoms with van der Waals surface area (Å²) in [5, 5.41) is 38.9. The maximum Gasteiger partial charge on any atom is 2.00 e. The van der Waals surface area contributed by atoms with Gasteiger partial charge in [-0.1, -0.05) is 60.7 Å². The first-order valence-electron chi connectivity index (χ1n) is 24.3. The Labute approximate surface area is 557 Å². The van der Waals surface area contributed by atoms with Crippen LogP contribution >= 0.6 is 0 Å². The van der Waals surface area contributed by atoms with Gasteiger partial charge >= 0.3 is 33.6 Å². The van der Waals surface area contributed by atoms with E-state index in [9.17, 15) is 10.2 Å². The Morgan fingerprint density at radius 2 is 0.430 bits per heavy atom. The van der Waals surface area contributed by atoms with Gasteiger partial charge in [-0.2, -0.15) is 10.5 Å². The molecule has 4 N–H and O–H groups in total. The topological polar surface area (TPSA) is 617 Å². The summed E-state index contributed by atoms with van der Waals surface area (Å²) in [6.07, 6.45) is 10.1. The molecular formula is C56H46Cl4Co2N12O19. The van der Waals surface area contributed by atoms with E-state index in [0.29, 0.717) is 79.7 Å². The van der Waals surface area contributed by atoms with Crippen LogP contribution in [0.4, 0.5) is 0 Å². The van der Waals surface area contributed by atoms with E-state index in [4.69, 9.17) is 105 Å². The Hall–Kier alpha value is -8.11. The zero-order valence-corrected chi connectivity index (χ0v) is 52.4. The number of nitriles is 2. The minimum absolute atomic E-state index is 0. The van der Waals surface area contributed by atoms with Gasteiger partial charge in [-0.3, -0.25) is 29.9 Å². The predicted octanol–water partition coefficient (Wildman–Crippen LogP) is -10.2. The molecule has 10 aromatic rings. The Bertz CT molecular complexity index is 3330. The van der Waals surface area contributed by atoms with Crippen molar-refractivity contribution in [2.75, 3.05) is 0 Å². The van der Waals surface area contributed by atoms with Crippen LogP contribution in [0.3, 0.4) is 0 Å². The Morgan fingerprint density at radius 1 is 0.280 bits per heavy atom. The first-order chi connectivity index (χ1) is 42.3. The largest absolute Gasteiger partial charge is 2.00 e. The fourth-order valence-corrected chi connectivity index (χ4v) is 7.11. The quantitative estimate of drug-likeness (QED) is 0.128. The number of hydrogen-bond donors (Lipinski definition) is 2. The van der Waals surface area contributed by atoms with E-state index in [0.717, 1.165) is 0 Å². The number of aromatic nitrogens is 10. The van der Waals surface area contributed by atoms with E-state index in [1.54, 1.807) is 97.9 Å². The van der Waals surface area contributed by atoms with Crippen molar-refractivity contribution in [3.8, 4) is 57.7 Å². The molecule has 10 aromatic heterocycles. The summed E-state index contributed by atoms with van der Waals surface area (Å²) in [5.74, 6) is 0. The van der Waals surface area contributed by atoms with Gasteiger partial charge in [0.15, 0.2) is 11.2 Å². The van der Waals surface area contributed by atoms with Crippen LogP contribution in [0.2, 0.25) is 0 Å². The van der Waals surface area contributed by atoms with Gasteiger partial charge in [0.05, 0.1) is 91.9 Å². The third-order valence-corrected chi connectivity index (χ3v) is 10.3. The second-order valence-corrected chi connectivity index (χ2v) is 19.3. The molecule has 0 aliphatic carbocycles. The number of pyridine rings is 10. The normalized spacial score (nSPS) is 10.5. The summed E-state index contributed by atoms with van der Waals surface area (Å²) in [7, 11) is -19.8. The van der Waals surface area contributed by atoms with E-state index in [1.165, 1.54) is 13.8 Å². The first-order valence-corrected chi connectivity index (χ1v) is 29.2. The molecule has 93 heavy (non-hydrogen) atoms. The fraction of sp³-hybridized carbons (Fsp3) is 0.0714. The molecule has 0 atom stereocenters. The van der Waals surface area contributed by atoms with Crippen LogP contribution in [0.15, 0.2) is 219 Å². The van der Waals surface area contributed by atoms with E-state index < -0.39 is 52.2 Å². The smallest absolute Gasteiger partial charge is 0.412 e. The minimum Gasteiger partial charge on any atom is -0.412 e. The molecule has 31 nitrogen and oxygen atoms in total. The summed E-state index contributed by atoms with van der Waals surface area (Å²) in [4.78, 5) is 45.5. The summed E-state index contributed by atoms with van der Waals surface area (Å²) in [6, 6.07) is 58.8. The first kappa shape index (κ1) is 84.9. The Morgan fingerprint density at radius 3 is 0.581 bits per heavy atom. The minimum atomic E-state index is -4.94. The van der Waals surface area contributed by atoms with Gasteiger partial charge in [0.1, 0.15) is 0 Å². The van der Waals surface area contributed by atoms with E-state index in [-0.39, 0.29) is 39.0 Å². The zero-order chi connectivity index (χ0) is 67.0. The molecule has 0 saturated heterocycles. The molecule has 37 heteroatoms. The van der Waals surface area contributed by atoms with E-state index in [1.807, 2.05) is 133 Å². The molecule has 0 bridgehead atoms.